The maximum atomic E-state index is 9.79. The molecule has 0 spiro atoms. The standard InChI is InChI=1S/C12H14N2OS/c1-8-4-5-11(15)9(6-8)10-7-16-12(13-10)14(2)3/h4-7,15H,1-3H3. The SMILES string of the molecule is Cc1ccc(O)c(-c2csc(N(C)C)n2)c1. The van der Waals surface area contributed by atoms with E-state index in [4.69, 9.17) is 0 Å². The van der Waals surface area contributed by atoms with Gasteiger partial charge in [0.15, 0.2) is 5.13 Å². The minimum absolute atomic E-state index is 0.279. The molecule has 16 heavy (non-hydrogen) atoms. The largest absolute Gasteiger partial charge is 0.507 e. The number of thiazole rings is 1. The second-order valence-corrected chi connectivity index (χ2v) is 4.77. The Bertz CT molecular complexity index is 505. The molecule has 0 aliphatic heterocycles. The van der Waals surface area contributed by atoms with Gasteiger partial charge in [-0.25, -0.2) is 4.98 Å². The number of hydrogen-bond donors (Lipinski definition) is 1. The zero-order valence-electron chi connectivity index (χ0n) is 9.56. The van der Waals surface area contributed by atoms with Crippen LogP contribution in [0.2, 0.25) is 0 Å². The Labute approximate surface area is 99.0 Å². The summed E-state index contributed by atoms with van der Waals surface area (Å²) in [5.41, 5.74) is 2.74. The molecule has 2 rings (SSSR count). The second-order valence-electron chi connectivity index (χ2n) is 3.93. The monoisotopic (exact) mass is 234 g/mol. The Morgan fingerprint density at radius 2 is 2.06 bits per heavy atom. The molecule has 0 atom stereocenters. The van der Waals surface area contributed by atoms with E-state index in [2.05, 4.69) is 4.98 Å². The highest BCUT2D eigenvalue weighted by Gasteiger charge is 2.09. The highest BCUT2D eigenvalue weighted by molar-refractivity contribution is 7.14. The number of anilines is 1. The fraction of sp³-hybridized carbons (Fsp3) is 0.250. The van der Waals surface area contributed by atoms with Crippen molar-refractivity contribution < 1.29 is 5.11 Å². The van der Waals surface area contributed by atoms with Crippen molar-refractivity contribution in [2.75, 3.05) is 19.0 Å². The van der Waals surface area contributed by atoms with Crippen LogP contribution in [-0.4, -0.2) is 24.2 Å². The summed E-state index contributed by atoms with van der Waals surface area (Å²) in [4.78, 5) is 6.43. The Balaban J connectivity index is 2.46. The lowest BCUT2D eigenvalue weighted by Gasteiger charge is -2.06. The summed E-state index contributed by atoms with van der Waals surface area (Å²) in [7, 11) is 3.91. The first-order chi connectivity index (χ1) is 7.58. The van der Waals surface area contributed by atoms with E-state index in [1.807, 2.05) is 43.4 Å². The molecule has 3 nitrogen and oxygen atoms in total. The summed E-state index contributed by atoms with van der Waals surface area (Å²) in [5.74, 6) is 0.279. The van der Waals surface area contributed by atoms with Gasteiger partial charge in [-0.05, 0) is 19.1 Å². The van der Waals surface area contributed by atoms with Gasteiger partial charge in [-0.2, -0.15) is 0 Å². The minimum Gasteiger partial charge on any atom is -0.507 e. The molecule has 1 N–H and O–H groups in total. The van der Waals surface area contributed by atoms with Crippen molar-refractivity contribution in [2.45, 2.75) is 6.92 Å². The Hall–Kier alpha value is -1.55. The number of phenols is 1. The average Bonchev–Trinajstić information content (AvgIpc) is 2.70. The maximum Gasteiger partial charge on any atom is 0.185 e. The first-order valence-corrected chi connectivity index (χ1v) is 5.89. The van der Waals surface area contributed by atoms with Crippen LogP contribution in [0.3, 0.4) is 0 Å². The summed E-state index contributed by atoms with van der Waals surface area (Å²) >= 11 is 1.57. The van der Waals surface area contributed by atoms with Gasteiger partial charge in [-0.15, -0.1) is 11.3 Å². The van der Waals surface area contributed by atoms with Crippen molar-refractivity contribution in [1.29, 1.82) is 0 Å². The van der Waals surface area contributed by atoms with Gasteiger partial charge in [0, 0.05) is 25.0 Å². The van der Waals surface area contributed by atoms with Crippen molar-refractivity contribution >= 4 is 16.5 Å². The van der Waals surface area contributed by atoms with Gasteiger partial charge in [0.25, 0.3) is 0 Å². The smallest absolute Gasteiger partial charge is 0.185 e. The van der Waals surface area contributed by atoms with Gasteiger partial charge in [0.05, 0.1) is 5.69 Å². The molecule has 0 radical (unpaired) electrons. The van der Waals surface area contributed by atoms with Gasteiger partial charge in [-0.1, -0.05) is 11.6 Å². The third-order valence-electron chi connectivity index (χ3n) is 2.30. The van der Waals surface area contributed by atoms with E-state index in [0.717, 1.165) is 22.0 Å². The molecule has 2 aromatic rings. The molecule has 1 aromatic carbocycles. The van der Waals surface area contributed by atoms with Crippen molar-refractivity contribution in [3.05, 3.63) is 29.1 Å². The Morgan fingerprint density at radius 3 is 2.69 bits per heavy atom. The molecule has 1 heterocycles. The van der Waals surface area contributed by atoms with Crippen LogP contribution in [0.5, 0.6) is 5.75 Å². The normalized spacial score (nSPS) is 10.4. The van der Waals surface area contributed by atoms with Crippen LogP contribution < -0.4 is 4.90 Å². The average molecular weight is 234 g/mol. The number of hydrogen-bond acceptors (Lipinski definition) is 4. The molecule has 0 amide bonds. The number of nitrogens with zero attached hydrogens (tertiary/aromatic N) is 2. The van der Waals surface area contributed by atoms with E-state index in [-0.39, 0.29) is 5.75 Å². The van der Waals surface area contributed by atoms with E-state index in [1.165, 1.54) is 0 Å². The van der Waals surface area contributed by atoms with Gasteiger partial charge in [0.2, 0.25) is 0 Å². The van der Waals surface area contributed by atoms with Crippen molar-refractivity contribution in [3.63, 3.8) is 0 Å². The molecule has 0 unspecified atom stereocenters. The number of aromatic hydroxyl groups is 1. The van der Waals surface area contributed by atoms with Gasteiger partial charge >= 0.3 is 0 Å². The van der Waals surface area contributed by atoms with Gasteiger partial charge in [-0.3, -0.25) is 0 Å². The number of aromatic nitrogens is 1. The van der Waals surface area contributed by atoms with Crippen LogP contribution in [0.1, 0.15) is 5.56 Å². The molecule has 0 bridgehead atoms. The second kappa shape index (κ2) is 4.14. The maximum absolute atomic E-state index is 9.79. The molecule has 1 aromatic heterocycles. The van der Waals surface area contributed by atoms with E-state index < -0.39 is 0 Å². The number of aryl methyl sites for hydroxylation is 1. The number of phenolic OH excluding ortho intramolecular Hbond substituents is 1. The molecule has 4 heteroatoms. The van der Waals surface area contributed by atoms with Crippen molar-refractivity contribution in [3.8, 4) is 17.0 Å². The minimum atomic E-state index is 0.279. The van der Waals surface area contributed by atoms with Crippen LogP contribution in [0.25, 0.3) is 11.3 Å². The lowest BCUT2D eigenvalue weighted by Crippen LogP contribution is -2.07. The summed E-state index contributed by atoms with van der Waals surface area (Å²) in [6, 6.07) is 5.54. The summed E-state index contributed by atoms with van der Waals surface area (Å²) in [6.45, 7) is 2.00. The first-order valence-electron chi connectivity index (χ1n) is 5.01. The molecule has 84 valence electrons. The molecular weight excluding hydrogens is 220 g/mol. The Morgan fingerprint density at radius 1 is 1.31 bits per heavy atom. The van der Waals surface area contributed by atoms with Crippen molar-refractivity contribution in [2.24, 2.45) is 0 Å². The molecule has 0 saturated heterocycles. The zero-order chi connectivity index (χ0) is 11.7. The molecular formula is C12H14N2OS. The zero-order valence-corrected chi connectivity index (χ0v) is 10.4. The quantitative estimate of drug-likeness (QED) is 0.868. The third-order valence-corrected chi connectivity index (χ3v) is 3.31. The number of benzene rings is 1. The van der Waals surface area contributed by atoms with Crippen LogP contribution in [0.15, 0.2) is 23.6 Å². The predicted octanol–water partition coefficient (Wildman–Crippen LogP) is 2.89. The number of rotatable bonds is 2. The summed E-state index contributed by atoms with van der Waals surface area (Å²) in [6.07, 6.45) is 0. The predicted molar refractivity (Wildman–Crippen MR) is 68.3 cm³/mol. The highest BCUT2D eigenvalue weighted by Crippen LogP contribution is 2.32. The van der Waals surface area contributed by atoms with Gasteiger partial charge in [0.1, 0.15) is 5.75 Å². The van der Waals surface area contributed by atoms with Crippen LogP contribution >= 0.6 is 11.3 Å². The van der Waals surface area contributed by atoms with Gasteiger partial charge < -0.3 is 10.0 Å². The van der Waals surface area contributed by atoms with E-state index >= 15 is 0 Å². The molecule has 0 aliphatic rings. The summed E-state index contributed by atoms with van der Waals surface area (Å²) in [5, 5.41) is 12.7. The van der Waals surface area contributed by atoms with E-state index in [0.29, 0.717) is 0 Å². The third kappa shape index (κ3) is 2.02. The lowest BCUT2D eigenvalue weighted by atomic mass is 10.1. The van der Waals surface area contributed by atoms with Crippen LogP contribution in [-0.2, 0) is 0 Å². The van der Waals surface area contributed by atoms with E-state index in [9.17, 15) is 5.11 Å². The van der Waals surface area contributed by atoms with E-state index in [1.54, 1.807) is 17.4 Å². The fourth-order valence-corrected chi connectivity index (χ4v) is 2.21. The Kier molecular flexibility index (Phi) is 2.83. The molecule has 0 aliphatic carbocycles. The lowest BCUT2D eigenvalue weighted by molar-refractivity contribution is 0.477. The fourth-order valence-electron chi connectivity index (χ4n) is 1.45. The highest BCUT2D eigenvalue weighted by atomic mass is 32.1. The van der Waals surface area contributed by atoms with Crippen molar-refractivity contribution in [1.82, 2.24) is 4.98 Å². The molecule has 0 fully saturated rings. The summed E-state index contributed by atoms with van der Waals surface area (Å²) < 4.78 is 0. The van der Waals surface area contributed by atoms with Crippen LogP contribution in [0, 0.1) is 6.92 Å². The topological polar surface area (TPSA) is 36.4 Å². The molecule has 0 saturated carbocycles. The van der Waals surface area contributed by atoms with Crippen LogP contribution in [0.4, 0.5) is 5.13 Å². The first kappa shape index (κ1) is 11.0.